The van der Waals surface area contributed by atoms with Crippen molar-refractivity contribution >= 4 is 29.3 Å². The quantitative estimate of drug-likeness (QED) is 0.438. The highest BCUT2D eigenvalue weighted by atomic mass is 35.5. The molecule has 0 aliphatic carbocycles. The van der Waals surface area contributed by atoms with Gasteiger partial charge in [-0.25, -0.2) is 0 Å². The Morgan fingerprint density at radius 2 is 2.00 bits per heavy atom. The van der Waals surface area contributed by atoms with E-state index in [1.54, 1.807) is 0 Å². The molecule has 0 unspecified atom stereocenters. The summed E-state index contributed by atoms with van der Waals surface area (Å²) in [6, 6.07) is 9.75. The van der Waals surface area contributed by atoms with Crippen molar-refractivity contribution in [2.75, 3.05) is 5.75 Å². The van der Waals surface area contributed by atoms with Crippen LogP contribution in [0, 0.1) is 17.3 Å². The molecule has 2 nitrogen and oxygen atoms in total. The third-order valence-electron chi connectivity index (χ3n) is 1.31. The van der Waals surface area contributed by atoms with E-state index >= 15 is 0 Å². The van der Waals surface area contributed by atoms with Crippen LogP contribution >= 0.6 is 24.2 Å². The van der Waals surface area contributed by atoms with E-state index in [0.29, 0.717) is 5.75 Å². The molecule has 4 heteroatoms. The largest absolute Gasteiger partial charge is 0.379 e. The van der Waals surface area contributed by atoms with Gasteiger partial charge in [0.1, 0.15) is 0 Å². The molecule has 0 bridgehead atoms. The minimum atomic E-state index is 0. The molecule has 0 aliphatic heterocycles. The molecule has 0 spiro atoms. The van der Waals surface area contributed by atoms with Crippen LogP contribution in [-0.4, -0.2) is 10.9 Å². The fraction of sp³-hybridized carbons (Fsp3) is 0.100. The van der Waals surface area contributed by atoms with Gasteiger partial charge in [0.2, 0.25) is 0 Å². The zero-order chi connectivity index (χ0) is 9.52. The number of hydrogen-bond donors (Lipinski definition) is 2. The second kappa shape index (κ2) is 7.31. The number of benzene rings is 1. The average Bonchev–Trinajstić information content (AvgIpc) is 2.14. The Bertz CT molecular complexity index is 340. The van der Waals surface area contributed by atoms with E-state index in [2.05, 4.69) is 11.8 Å². The fourth-order valence-electron chi connectivity index (χ4n) is 0.773. The van der Waals surface area contributed by atoms with Crippen molar-refractivity contribution in [2.24, 2.45) is 5.73 Å². The van der Waals surface area contributed by atoms with E-state index in [-0.39, 0.29) is 17.6 Å². The molecule has 0 radical (unpaired) electrons. The van der Waals surface area contributed by atoms with Crippen molar-refractivity contribution in [3.63, 3.8) is 0 Å². The Morgan fingerprint density at radius 3 is 2.57 bits per heavy atom. The van der Waals surface area contributed by atoms with Gasteiger partial charge in [0.05, 0.1) is 5.75 Å². The maximum absolute atomic E-state index is 6.95. The lowest BCUT2D eigenvalue weighted by Gasteiger charge is -1.88. The molecule has 0 heterocycles. The summed E-state index contributed by atoms with van der Waals surface area (Å²) in [5.74, 6) is 6.48. The molecule has 0 fully saturated rings. The van der Waals surface area contributed by atoms with Crippen LogP contribution in [0.5, 0.6) is 0 Å². The van der Waals surface area contributed by atoms with Gasteiger partial charge in [-0.1, -0.05) is 41.8 Å². The van der Waals surface area contributed by atoms with Crippen LogP contribution in [0.4, 0.5) is 0 Å². The van der Waals surface area contributed by atoms with Crippen LogP contribution in [0.2, 0.25) is 0 Å². The minimum absolute atomic E-state index is 0. The Kier molecular flexibility index (Phi) is 6.73. The predicted octanol–water partition coefficient (Wildman–Crippen LogP) is 2.09. The Hall–Kier alpha value is -1.11. The lowest BCUT2D eigenvalue weighted by Crippen LogP contribution is -2.03. The highest BCUT2D eigenvalue weighted by Gasteiger charge is 1.85. The van der Waals surface area contributed by atoms with E-state index in [1.807, 2.05) is 30.3 Å². The Morgan fingerprint density at radius 1 is 1.36 bits per heavy atom. The third kappa shape index (κ3) is 5.52. The van der Waals surface area contributed by atoms with Gasteiger partial charge >= 0.3 is 0 Å². The Balaban J connectivity index is 0.00000169. The molecular weight excluding hydrogens is 216 g/mol. The van der Waals surface area contributed by atoms with E-state index in [4.69, 9.17) is 11.1 Å². The van der Waals surface area contributed by atoms with Gasteiger partial charge in [0.25, 0.3) is 0 Å². The predicted molar refractivity (Wildman–Crippen MR) is 64.9 cm³/mol. The molecule has 0 aliphatic rings. The number of thioether (sulfide) groups is 1. The first-order valence-corrected chi connectivity index (χ1v) is 4.78. The molecule has 14 heavy (non-hydrogen) atoms. The second-order valence-electron chi connectivity index (χ2n) is 2.32. The van der Waals surface area contributed by atoms with Crippen molar-refractivity contribution in [1.82, 2.24) is 0 Å². The molecule has 0 aromatic heterocycles. The lowest BCUT2D eigenvalue weighted by molar-refractivity contribution is 1.50. The van der Waals surface area contributed by atoms with Crippen molar-refractivity contribution in [1.29, 1.82) is 5.41 Å². The normalized spacial score (nSPS) is 8.00. The van der Waals surface area contributed by atoms with Crippen molar-refractivity contribution in [3.05, 3.63) is 35.9 Å². The van der Waals surface area contributed by atoms with Crippen molar-refractivity contribution in [3.8, 4) is 11.8 Å². The van der Waals surface area contributed by atoms with Crippen LogP contribution in [0.1, 0.15) is 5.56 Å². The number of nitrogens with one attached hydrogen (secondary N) is 1. The number of halogens is 1. The average molecular weight is 227 g/mol. The molecule has 0 saturated carbocycles. The lowest BCUT2D eigenvalue weighted by atomic mass is 10.2. The monoisotopic (exact) mass is 226 g/mol. The van der Waals surface area contributed by atoms with Crippen LogP contribution in [0.25, 0.3) is 0 Å². The van der Waals surface area contributed by atoms with Gasteiger partial charge in [0.15, 0.2) is 5.17 Å². The zero-order valence-electron chi connectivity index (χ0n) is 7.49. The fourth-order valence-corrected chi connectivity index (χ4v) is 1.07. The number of hydrogen-bond acceptors (Lipinski definition) is 2. The topological polar surface area (TPSA) is 49.9 Å². The molecule has 0 saturated heterocycles. The zero-order valence-corrected chi connectivity index (χ0v) is 9.12. The van der Waals surface area contributed by atoms with Crippen molar-refractivity contribution < 1.29 is 0 Å². The van der Waals surface area contributed by atoms with Crippen LogP contribution < -0.4 is 5.73 Å². The van der Waals surface area contributed by atoms with Crippen LogP contribution in [0.3, 0.4) is 0 Å². The molecule has 1 aromatic carbocycles. The highest BCUT2D eigenvalue weighted by molar-refractivity contribution is 8.13. The van der Waals surface area contributed by atoms with Gasteiger partial charge in [-0.05, 0) is 12.1 Å². The minimum Gasteiger partial charge on any atom is -0.379 e. The van der Waals surface area contributed by atoms with E-state index < -0.39 is 0 Å². The van der Waals surface area contributed by atoms with Gasteiger partial charge in [-0.15, -0.1) is 12.4 Å². The number of amidine groups is 1. The molecule has 3 N–H and O–H groups in total. The third-order valence-corrected chi connectivity index (χ3v) is 1.91. The van der Waals surface area contributed by atoms with Gasteiger partial charge in [-0.3, -0.25) is 5.41 Å². The maximum Gasteiger partial charge on any atom is 0.151 e. The molecule has 0 atom stereocenters. The Labute approximate surface area is 94.2 Å². The summed E-state index contributed by atoms with van der Waals surface area (Å²) in [5, 5.41) is 7.06. The van der Waals surface area contributed by atoms with E-state index in [9.17, 15) is 0 Å². The maximum atomic E-state index is 6.95. The molecule has 74 valence electrons. The van der Waals surface area contributed by atoms with Crippen molar-refractivity contribution in [2.45, 2.75) is 0 Å². The summed E-state index contributed by atoms with van der Waals surface area (Å²) >= 11 is 1.24. The van der Waals surface area contributed by atoms with Gasteiger partial charge in [-0.2, -0.15) is 0 Å². The summed E-state index contributed by atoms with van der Waals surface area (Å²) in [6.45, 7) is 0. The molecular formula is C10H11ClN2S. The van der Waals surface area contributed by atoms with Gasteiger partial charge in [0, 0.05) is 5.56 Å². The standard InChI is InChI=1S/C10H10N2S.ClH/c11-10(12)13-8-4-7-9-5-2-1-3-6-9;/h1-3,5-6H,8H2,(H3,11,12);1H. The molecule has 1 aromatic rings. The molecule has 0 amide bonds. The van der Waals surface area contributed by atoms with Crippen LogP contribution in [-0.2, 0) is 0 Å². The number of nitrogens with two attached hydrogens (primary N) is 1. The van der Waals surface area contributed by atoms with E-state index in [1.165, 1.54) is 11.8 Å². The van der Waals surface area contributed by atoms with E-state index in [0.717, 1.165) is 5.56 Å². The second-order valence-corrected chi connectivity index (χ2v) is 3.34. The first-order chi connectivity index (χ1) is 6.29. The summed E-state index contributed by atoms with van der Waals surface area (Å²) in [5.41, 5.74) is 6.14. The summed E-state index contributed by atoms with van der Waals surface area (Å²) < 4.78 is 0. The first-order valence-electron chi connectivity index (χ1n) is 3.80. The first kappa shape index (κ1) is 12.9. The summed E-state index contributed by atoms with van der Waals surface area (Å²) in [7, 11) is 0. The van der Waals surface area contributed by atoms with Crippen LogP contribution in [0.15, 0.2) is 30.3 Å². The van der Waals surface area contributed by atoms with Gasteiger partial charge < -0.3 is 5.73 Å². The molecule has 1 rings (SSSR count). The SMILES string of the molecule is Cl.N=C(N)SCC#Cc1ccccc1. The highest BCUT2D eigenvalue weighted by Crippen LogP contribution is 1.97. The number of rotatable bonds is 1. The smallest absolute Gasteiger partial charge is 0.151 e. The summed E-state index contributed by atoms with van der Waals surface area (Å²) in [6.07, 6.45) is 0. The summed E-state index contributed by atoms with van der Waals surface area (Å²) in [4.78, 5) is 0.